The third kappa shape index (κ3) is 5.46. The molecule has 0 bridgehead atoms. The average Bonchev–Trinajstić information content (AvgIpc) is 2.75. The lowest BCUT2D eigenvalue weighted by atomic mass is 10.1. The fourth-order valence-corrected chi connectivity index (χ4v) is 4.89. The molecule has 3 aromatic rings. The van der Waals surface area contributed by atoms with E-state index in [4.69, 9.17) is 11.6 Å². The van der Waals surface area contributed by atoms with Crippen molar-refractivity contribution >= 4 is 33.2 Å². The number of benzene rings is 3. The minimum atomic E-state index is -3.98. The van der Waals surface area contributed by atoms with Gasteiger partial charge in [0.2, 0.25) is 5.91 Å². The fraction of sp³-hybridized carbons (Fsp3) is 0.208. The molecule has 0 heterocycles. The van der Waals surface area contributed by atoms with Gasteiger partial charge in [-0.15, -0.1) is 0 Å². The van der Waals surface area contributed by atoms with E-state index in [0.717, 1.165) is 15.4 Å². The Morgan fingerprint density at radius 1 is 1.00 bits per heavy atom. The normalized spacial score (nSPS) is 12.3. The molecule has 0 saturated heterocycles. The van der Waals surface area contributed by atoms with Crippen molar-refractivity contribution in [3.05, 3.63) is 94.5 Å². The minimum Gasteiger partial charge on any atom is -0.348 e. The van der Waals surface area contributed by atoms with E-state index < -0.39 is 15.9 Å². The maximum absolute atomic E-state index is 13.4. The van der Waals surface area contributed by atoms with Crippen molar-refractivity contribution in [3.8, 4) is 0 Å². The number of nitrogens with zero attached hydrogens (tertiary/aromatic N) is 1. The fourth-order valence-electron chi connectivity index (χ4n) is 3.23. The number of anilines is 1. The molecule has 0 saturated carbocycles. The first-order valence-corrected chi connectivity index (χ1v) is 11.7. The van der Waals surface area contributed by atoms with Crippen LogP contribution < -0.4 is 9.62 Å². The highest BCUT2D eigenvalue weighted by Gasteiger charge is 2.28. The number of halogens is 1. The lowest BCUT2D eigenvalue weighted by molar-refractivity contribution is -0.120. The molecule has 0 fully saturated rings. The summed E-state index contributed by atoms with van der Waals surface area (Å²) in [6, 6.07) is 20.6. The van der Waals surface area contributed by atoms with Crippen molar-refractivity contribution in [2.24, 2.45) is 0 Å². The molecule has 1 N–H and O–H groups in total. The van der Waals surface area contributed by atoms with Crippen molar-refractivity contribution < 1.29 is 13.2 Å². The Kier molecular flexibility index (Phi) is 7.03. The maximum Gasteiger partial charge on any atom is 0.264 e. The third-order valence-electron chi connectivity index (χ3n) is 5.01. The molecule has 3 aromatic carbocycles. The molecule has 7 heteroatoms. The highest BCUT2D eigenvalue weighted by molar-refractivity contribution is 7.92. The Bertz CT molecular complexity index is 1160. The van der Waals surface area contributed by atoms with Crippen molar-refractivity contribution in [1.29, 1.82) is 0 Å². The number of carbonyl (C=O) groups excluding carboxylic acids is 1. The van der Waals surface area contributed by atoms with Crippen LogP contribution >= 0.6 is 11.6 Å². The molecule has 0 aliphatic heterocycles. The number of amides is 1. The van der Waals surface area contributed by atoms with Crippen molar-refractivity contribution in [2.45, 2.75) is 31.7 Å². The first-order valence-electron chi connectivity index (χ1n) is 9.88. The van der Waals surface area contributed by atoms with Gasteiger partial charge in [-0.1, -0.05) is 65.7 Å². The summed E-state index contributed by atoms with van der Waals surface area (Å²) in [5, 5.41) is 3.29. The number of rotatable bonds is 7. The van der Waals surface area contributed by atoms with E-state index in [0.29, 0.717) is 16.3 Å². The van der Waals surface area contributed by atoms with Crippen LogP contribution in [0.1, 0.15) is 29.7 Å². The molecule has 1 amide bonds. The summed E-state index contributed by atoms with van der Waals surface area (Å²) in [6.07, 6.45) is 0. The lowest BCUT2D eigenvalue weighted by Crippen LogP contribution is -2.41. The number of hydrogen-bond donors (Lipinski definition) is 1. The zero-order valence-electron chi connectivity index (χ0n) is 17.7. The number of aryl methyl sites for hydroxylation is 2. The Hall–Kier alpha value is -2.83. The number of nitrogens with one attached hydrogen (secondary N) is 1. The summed E-state index contributed by atoms with van der Waals surface area (Å²) in [5.41, 5.74) is 3.13. The second kappa shape index (κ2) is 9.54. The van der Waals surface area contributed by atoms with E-state index in [2.05, 4.69) is 5.32 Å². The van der Waals surface area contributed by atoms with E-state index in [1.54, 1.807) is 43.3 Å². The number of carbonyl (C=O) groups is 1. The molecule has 1 atom stereocenters. The predicted octanol–water partition coefficient (Wildman–Crippen LogP) is 5.03. The Morgan fingerprint density at radius 2 is 1.65 bits per heavy atom. The van der Waals surface area contributed by atoms with E-state index in [1.807, 2.05) is 38.1 Å². The lowest BCUT2D eigenvalue weighted by Gasteiger charge is -2.26. The van der Waals surface area contributed by atoms with Crippen molar-refractivity contribution in [2.75, 3.05) is 10.8 Å². The van der Waals surface area contributed by atoms with Crippen LogP contribution in [0, 0.1) is 13.8 Å². The molecule has 3 rings (SSSR count). The zero-order chi connectivity index (χ0) is 22.6. The molecule has 0 aliphatic rings. The molecule has 162 valence electrons. The highest BCUT2D eigenvalue weighted by atomic mass is 35.5. The molecule has 31 heavy (non-hydrogen) atoms. The molecular formula is C24H25ClN2O3S. The van der Waals surface area contributed by atoms with Gasteiger partial charge in [0.25, 0.3) is 10.0 Å². The van der Waals surface area contributed by atoms with Gasteiger partial charge in [0.15, 0.2) is 0 Å². The van der Waals surface area contributed by atoms with Crippen molar-refractivity contribution in [1.82, 2.24) is 5.32 Å². The van der Waals surface area contributed by atoms with Crippen LogP contribution in [0.2, 0.25) is 5.02 Å². The molecule has 0 spiro atoms. The second-order valence-corrected chi connectivity index (χ2v) is 9.75. The Morgan fingerprint density at radius 3 is 2.29 bits per heavy atom. The smallest absolute Gasteiger partial charge is 0.264 e. The zero-order valence-corrected chi connectivity index (χ0v) is 19.2. The standard InChI is InChI=1S/C24H25ClN2O3S/c1-17-9-12-20(13-10-17)19(3)26-24(28)16-27(23-15-21(25)14-11-18(23)2)31(29,30)22-7-5-4-6-8-22/h4-15,19H,16H2,1-3H3,(H,26,28)/t19-/m1/s1. The van der Waals surface area contributed by atoms with E-state index in [1.165, 1.54) is 12.1 Å². The molecule has 0 radical (unpaired) electrons. The monoisotopic (exact) mass is 456 g/mol. The summed E-state index contributed by atoms with van der Waals surface area (Å²) in [6.45, 7) is 5.27. The van der Waals surface area contributed by atoms with Crippen LogP contribution in [0.15, 0.2) is 77.7 Å². The highest BCUT2D eigenvalue weighted by Crippen LogP contribution is 2.29. The molecule has 5 nitrogen and oxygen atoms in total. The van der Waals surface area contributed by atoms with Gasteiger partial charge in [0.05, 0.1) is 16.6 Å². The van der Waals surface area contributed by atoms with Crippen molar-refractivity contribution in [3.63, 3.8) is 0 Å². The summed E-state index contributed by atoms with van der Waals surface area (Å²) >= 11 is 6.15. The molecular weight excluding hydrogens is 432 g/mol. The van der Waals surface area contributed by atoms with Crippen LogP contribution in [-0.4, -0.2) is 20.9 Å². The van der Waals surface area contributed by atoms with Crippen LogP contribution in [0.5, 0.6) is 0 Å². The van der Waals surface area contributed by atoms with Crippen LogP contribution in [0.25, 0.3) is 0 Å². The quantitative estimate of drug-likeness (QED) is 0.542. The van der Waals surface area contributed by atoms with Gasteiger partial charge in [-0.2, -0.15) is 0 Å². The van der Waals surface area contributed by atoms with Crippen LogP contribution in [0.3, 0.4) is 0 Å². The molecule has 0 unspecified atom stereocenters. The minimum absolute atomic E-state index is 0.105. The molecule has 0 aromatic heterocycles. The SMILES string of the molecule is Cc1ccc([C@@H](C)NC(=O)CN(c2cc(Cl)ccc2C)S(=O)(=O)c2ccccc2)cc1. The number of sulfonamides is 1. The first-order chi connectivity index (χ1) is 14.7. The molecule has 0 aliphatic carbocycles. The predicted molar refractivity (Wildman–Crippen MR) is 125 cm³/mol. The van der Waals surface area contributed by atoms with Gasteiger partial charge in [0, 0.05) is 5.02 Å². The maximum atomic E-state index is 13.4. The van der Waals surface area contributed by atoms with Gasteiger partial charge in [-0.25, -0.2) is 8.42 Å². The number of hydrogen-bond acceptors (Lipinski definition) is 3. The first kappa shape index (κ1) is 22.8. The topological polar surface area (TPSA) is 66.5 Å². The van der Waals surface area contributed by atoms with Gasteiger partial charge in [-0.05, 0) is 56.2 Å². The van der Waals surface area contributed by atoms with Crippen LogP contribution in [0.4, 0.5) is 5.69 Å². The van der Waals surface area contributed by atoms with Gasteiger partial charge in [-0.3, -0.25) is 9.10 Å². The summed E-state index contributed by atoms with van der Waals surface area (Å²) < 4.78 is 28.0. The second-order valence-electron chi connectivity index (χ2n) is 7.46. The van der Waals surface area contributed by atoms with Gasteiger partial charge >= 0.3 is 0 Å². The Labute approximate surface area is 188 Å². The summed E-state index contributed by atoms with van der Waals surface area (Å²) in [5.74, 6) is -0.410. The van der Waals surface area contributed by atoms with E-state index >= 15 is 0 Å². The van der Waals surface area contributed by atoms with E-state index in [-0.39, 0.29) is 17.5 Å². The average molecular weight is 457 g/mol. The van der Waals surface area contributed by atoms with E-state index in [9.17, 15) is 13.2 Å². The summed E-state index contributed by atoms with van der Waals surface area (Å²) in [4.78, 5) is 13.0. The largest absolute Gasteiger partial charge is 0.348 e. The third-order valence-corrected chi connectivity index (χ3v) is 7.02. The van der Waals surface area contributed by atoms with Crippen LogP contribution in [-0.2, 0) is 14.8 Å². The van der Waals surface area contributed by atoms with Gasteiger partial charge in [0.1, 0.15) is 6.54 Å². The van der Waals surface area contributed by atoms with Gasteiger partial charge < -0.3 is 5.32 Å². The summed E-state index contributed by atoms with van der Waals surface area (Å²) in [7, 11) is -3.98. The Balaban J connectivity index is 1.92.